The number of hydrogen-bond acceptors (Lipinski definition) is 17. The second kappa shape index (κ2) is 24.3. The number of carbonyl (C=O) groups is 1. The Kier molecular flexibility index (Phi) is 18.8. The van der Waals surface area contributed by atoms with Gasteiger partial charge in [0.25, 0.3) is 16.7 Å². The summed E-state index contributed by atoms with van der Waals surface area (Å²) in [5, 5.41) is 49.7. The second-order valence-corrected chi connectivity index (χ2v) is 17.2. The quantitative estimate of drug-likeness (QED) is 0.130. The normalized spacial score (nSPS) is 26.7. The van der Waals surface area contributed by atoms with Crippen LogP contribution in [0.1, 0.15) is 68.5 Å². The third-order valence-electron chi connectivity index (χ3n) is 11.1. The Labute approximate surface area is 408 Å². The van der Waals surface area contributed by atoms with Gasteiger partial charge in [-0.1, -0.05) is 33.5 Å². The molecule has 10 rings (SSSR count). The van der Waals surface area contributed by atoms with E-state index in [1.165, 1.54) is 70.5 Å². The van der Waals surface area contributed by atoms with Gasteiger partial charge in [-0.2, -0.15) is 18.2 Å². The Morgan fingerprint density at radius 2 is 1.59 bits per heavy atom. The molecule has 1 aromatic carbocycles. The van der Waals surface area contributed by atoms with Gasteiger partial charge in [-0.3, -0.25) is 34.0 Å². The number of halogens is 5. The van der Waals surface area contributed by atoms with Crippen molar-refractivity contribution in [1.29, 1.82) is 0 Å². The maximum absolute atomic E-state index is 13.6. The first kappa shape index (κ1) is 54.2. The molecule has 70 heavy (non-hydrogen) atoms. The number of alkyl halides is 3. The van der Waals surface area contributed by atoms with Crippen LogP contribution >= 0.6 is 27.5 Å². The van der Waals surface area contributed by atoms with Crippen molar-refractivity contribution in [2.24, 2.45) is 5.92 Å². The number of imidazole rings is 1. The van der Waals surface area contributed by atoms with Gasteiger partial charge >= 0.3 is 18.0 Å². The lowest BCUT2D eigenvalue weighted by Gasteiger charge is -2.35. The van der Waals surface area contributed by atoms with Crippen LogP contribution < -0.4 is 27.9 Å². The number of rotatable bonds is 5. The van der Waals surface area contributed by atoms with Crippen LogP contribution in [-0.4, -0.2) is 137 Å². The Morgan fingerprint density at radius 3 is 2.13 bits per heavy atom. The summed E-state index contributed by atoms with van der Waals surface area (Å²) in [5.41, 5.74) is 1.000. The minimum absolute atomic E-state index is 0.00179. The number of amides is 1. The Morgan fingerprint density at radius 1 is 0.929 bits per heavy atom. The lowest BCUT2D eigenvalue weighted by Crippen LogP contribution is -2.49. The van der Waals surface area contributed by atoms with E-state index in [0.717, 1.165) is 45.3 Å². The minimum atomic E-state index is -4.87. The number of H-pyrrole nitrogens is 2. The average molecular weight is 1080 g/mol. The first-order chi connectivity index (χ1) is 33.4. The third kappa shape index (κ3) is 13.2. The molecule has 8 heterocycles. The molecule has 10 N–H and O–H groups in total. The standard InChI is InChI=1S/C14H9ClF3NO2.C11H13BrN2O5.C10H13N5O5.2C4H8O/c15-9-3-4-11-10(7-9)13(14(16,17)18,21-12(20)19-11)6-5-8-1-2-8;12-2-1-6-4-14(11(18)13-10(6)17)9-3-7(16)8(5-15)19-9;11-10-13-7-4(8(19)14-10)12-2-15(7)9-6(18)5(17)3(1-16)20-9;2*1-2-4-5-3-1/h3-4,7-8H,1-2H2,(H,19,20);1-2,4,7-9,15-16H,3,5H2,(H,13,17,18);2-3,5-6,9,16-18H,1H2,(H3,11,13,14,19);2*1-4H2/b;2-1+;;;/t13-;7-,8+,9+;3-,5-,6-,9-;;/m001../s1. The molecule has 0 bridgehead atoms. The van der Waals surface area contributed by atoms with E-state index in [1.54, 1.807) is 0 Å². The average Bonchev–Trinajstić information content (AvgIpc) is 3.95. The lowest BCUT2D eigenvalue weighted by molar-refractivity contribution is -0.239. The van der Waals surface area contributed by atoms with Crippen LogP contribution in [0, 0.1) is 17.8 Å². The molecule has 8 atom stereocenters. The predicted molar refractivity (Wildman–Crippen MR) is 246 cm³/mol. The fourth-order valence-electron chi connectivity index (χ4n) is 7.26. The number of aromatic amines is 2. The summed E-state index contributed by atoms with van der Waals surface area (Å²) < 4.78 is 68.5. The van der Waals surface area contributed by atoms with E-state index in [1.807, 2.05) is 0 Å². The topological polar surface area (TPSA) is 321 Å². The smallest absolute Gasteiger partial charge is 0.415 e. The predicted octanol–water partition coefficient (Wildman–Crippen LogP) is 2.52. The van der Waals surface area contributed by atoms with Crippen molar-refractivity contribution in [3.63, 3.8) is 0 Å². The molecule has 5 aliphatic heterocycles. The van der Waals surface area contributed by atoms with E-state index in [4.69, 9.17) is 46.5 Å². The van der Waals surface area contributed by atoms with Crippen molar-refractivity contribution in [2.75, 3.05) is 50.7 Å². The first-order valence-electron chi connectivity index (χ1n) is 21.9. The summed E-state index contributed by atoms with van der Waals surface area (Å²) in [7, 11) is 0. The number of carbonyl (C=O) groups excluding carboxylic acids is 1. The molecule has 0 radical (unpaired) electrons. The van der Waals surface area contributed by atoms with Crippen molar-refractivity contribution in [3.05, 3.63) is 83.0 Å². The van der Waals surface area contributed by atoms with Crippen molar-refractivity contribution in [2.45, 2.75) is 99.7 Å². The fraction of sp³-hybridized carbons (Fsp3) is 0.535. The number of aliphatic hydroxyl groups excluding tert-OH is 5. The zero-order chi connectivity index (χ0) is 50.8. The van der Waals surface area contributed by atoms with Gasteiger partial charge in [-0.15, -0.1) is 0 Å². The zero-order valence-corrected chi connectivity index (χ0v) is 39.4. The zero-order valence-electron chi connectivity index (χ0n) is 37.0. The van der Waals surface area contributed by atoms with Crippen molar-refractivity contribution in [3.8, 4) is 11.8 Å². The number of fused-ring (bicyclic) bond motifs is 2. The summed E-state index contributed by atoms with van der Waals surface area (Å²) in [4.78, 5) is 60.2. The summed E-state index contributed by atoms with van der Waals surface area (Å²) >= 11 is 8.83. The molecule has 1 aliphatic carbocycles. The van der Waals surface area contributed by atoms with Crippen LogP contribution in [0.4, 0.5) is 29.6 Å². The Hall–Kier alpha value is -5.18. The van der Waals surface area contributed by atoms with Gasteiger partial charge in [0.15, 0.2) is 17.4 Å². The molecule has 1 amide bonds. The van der Waals surface area contributed by atoms with Crippen LogP contribution in [-0.2, 0) is 29.3 Å². The molecule has 6 aliphatic rings. The number of aliphatic hydroxyl groups is 5. The summed E-state index contributed by atoms with van der Waals surface area (Å²) in [6, 6.07) is 3.81. The highest BCUT2D eigenvalue weighted by molar-refractivity contribution is 9.11. The van der Waals surface area contributed by atoms with E-state index in [9.17, 15) is 47.7 Å². The van der Waals surface area contributed by atoms with Gasteiger partial charge in [0.2, 0.25) is 5.95 Å². The number of hydrogen-bond donors (Lipinski definition) is 9. The number of nitrogens with one attached hydrogen (secondary N) is 3. The first-order valence-corrected chi connectivity index (χ1v) is 23.2. The van der Waals surface area contributed by atoms with Gasteiger partial charge in [0.05, 0.1) is 36.9 Å². The third-order valence-corrected chi connectivity index (χ3v) is 11.6. The number of anilines is 2. The molecule has 27 heteroatoms. The minimum Gasteiger partial charge on any atom is -0.415 e. The molecule has 0 unspecified atom stereocenters. The van der Waals surface area contributed by atoms with Gasteiger partial charge in [0.1, 0.15) is 30.6 Å². The van der Waals surface area contributed by atoms with Gasteiger partial charge in [-0.05, 0) is 73.7 Å². The number of nitrogen functional groups attached to an aromatic ring is 1. The van der Waals surface area contributed by atoms with Crippen LogP contribution in [0.15, 0.2) is 50.1 Å². The van der Waals surface area contributed by atoms with E-state index in [2.05, 4.69) is 57.8 Å². The molecule has 4 saturated heterocycles. The van der Waals surface area contributed by atoms with Gasteiger partial charge in [0, 0.05) is 55.5 Å². The van der Waals surface area contributed by atoms with Crippen LogP contribution in [0.5, 0.6) is 0 Å². The molecular weight excluding hydrogens is 1020 g/mol. The molecule has 382 valence electrons. The van der Waals surface area contributed by atoms with Crippen LogP contribution in [0.25, 0.3) is 17.2 Å². The molecule has 5 fully saturated rings. The number of ether oxygens (including phenoxy) is 5. The van der Waals surface area contributed by atoms with Gasteiger partial charge < -0.3 is 55.0 Å². The van der Waals surface area contributed by atoms with Gasteiger partial charge in [-0.25, -0.2) is 14.6 Å². The second-order valence-electron chi connectivity index (χ2n) is 16.2. The molecule has 1 saturated carbocycles. The lowest BCUT2D eigenvalue weighted by atomic mass is 9.90. The molecule has 22 nitrogen and oxygen atoms in total. The summed E-state index contributed by atoms with van der Waals surface area (Å²) in [6.45, 7) is 3.22. The van der Waals surface area contributed by atoms with E-state index < -0.39 is 84.3 Å². The number of aromatic nitrogens is 6. The molecule has 4 aromatic rings. The van der Waals surface area contributed by atoms with E-state index >= 15 is 0 Å². The Balaban J connectivity index is 0.000000156. The highest BCUT2D eigenvalue weighted by Gasteiger charge is 2.62. The monoisotopic (exact) mass is 1070 g/mol. The van der Waals surface area contributed by atoms with Crippen LogP contribution in [0.3, 0.4) is 0 Å². The number of nitrogens with zero attached hydrogens (tertiary/aromatic N) is 4. The van der Waals surface area contributed by atoms with Crippen molar-refractivity contribution < 1.29 is 67.2 Å². The molecule has 3 aromatic heterocycles. The highest BCUT2D eigenvalue weighted by Crippen LogP contribution is 2.48. The molecule has 0 spiro atoms. The molecular formula is C43H51BrClF3N8O14. The van der Waals surface area contributed by atoms with Crippen molar-refractivity contribution >= 4 is 62.5 Å². The summed E-state index contributed by atoms with van der Waals surface area (Å²) in [6.07, 6.45) is -1.89. The maximum atomic E-state index is 13.6. The fourth-order valence-corrected chi connectivity index (χ4v) is 7.72. The largest absolute Gasteiger partial charge is 0.445 e. The Bertz CT molecular complexity index is 2670. The van der Waals surface area contributed by atoms with Crippen LogP contribution in [0.2, 0.25) is 5.02 Å². The van der Waals surface area contributed by atoms with Crippen molar-refractivity contribution in [1.82, 2.24) is 29.1 Å². The maximum Gasteiger partial charge on any atom is 0.445 e. The SMILES string of the molecule is C1CCOC1.C1CCOC1.Nc1nc2c(ncn2[C@@H]2O[C@H](CO)[C@@H](O)[C@H]2O)c(=O)[nH]1.O=C1Nc2ccc(Cl)cc2[C@@](C#CC2CC2)(C(F)(F)F)O1.O=c1[nH]c(=O)n([C@H]2C[C@H](O)[C@@H](CO)O2)cc1/C=C/Br. The van der Waals surface area contributed by atoms with E-state index in [-0.39, 0.29) is 57.9 Å². The summed E-state index contributed by atoms with van der Waals surface area (Å²) in [5.74, 6) is 4.50. The van der Waals surface area contributed by atoms with E-state index in [0.29, 0.717) is 0 Å². The highest BCUT2D eigenvalue weighted by atomic mass is 79.9. The number of benzene rings is 1. The number of cyclic esters (lactones) is 1. The number of nitrogens with two attached hydrogens (primary N) is 1.